The SMILES string of the molecule is CC(C)CNCCC(=O)N1CCN(c2ncccn2)CC1. The molecule has 1 aliphatic heterocycles. The van der Waals surface area contributed by atoms with Gasteiger partial charge in [0.1, 0.15) is 0 Å². The number of rotatable bonds is 6. The molecule has 116 valence electrons. The number of carbonyl (C=O) groups is 1. The van der Waals surface area contributed by atoms with E-state index in [0.29, 0.717) is 12.3 Å². The van der Waals surface area contributed by atoms with Gasteiger partial charge in [0, 0.05) is 51.5 Å². The molecule has 1 aliphatic rings. The van der Waals surface area contributed by atoms with Crippen LogP contribution in [0.2, 0.25) is 0 Å². The molecule has 2 heterocycles. The van der Waals surface area contributed by atoms with Gasteiger partial charge >= 0.3 is 0 Å². The molecular weight excluding hydrogens is 266 g/mol. The molecule has 0 unspecified atom stereocenters. The van der Waals surface area contributed by atoms with E-state index >= 15 is 0 Å². The van der Waals surface area contributed by atoms with Crippen LogP contribution in [0.5, 0.6) is 0 Å². The highest BCUT2D eigenvalue weighted by molar-refractivity contribution is 5.76. The summed E-state index contributed by atoms with van der Waals surface area (Å²) >= 11 is 0. The molecule has 1 fully saturated rings. The van der Waals surface area contributed by atoms with Crippen LogP contribution in [-0.4, -0.2) is 60.0 Å². The second-order valence-corrected chi connectivity index (χ2v) is 5.76. The van der Waals surface area contributed by atoms with Crippen molar-refractivity contribution in [2.75, 3.05) is 44.2 Å². The quantitative estimate of drug-likeness (QED) is 0.784. The van der Waals surface area contributed by atoms with Gasteiger partial charge in [0.25, 0.3) is 0 Å². The fraction of sp³-hybridized carbons (Fsp3) is 0.667. The molecular formula is C15H25N5O. The minimum atomic E-state index is 0.236. The highest BCUT2D eigenvalue weighted by atomic mass is 16.2. The zero-order valence-corrected chi connectivity index (χ0v) is 13.0. The number of aromatic nitrogens is 2. The van der Waals surface area contributed by atoms with Crippen molar-refractivity contribution in [1.82, 2.24) is 20.2 Å². The van der Waals surface area contributed by atoms with Gasteiger partial charge < -0.3 is 15.1 Å². The van der Waals surface area contributed by atoms with E-state index in [1.807, 2.05) is 11.0 Å². The molecule has 6 heteroatoms. The Morgan fingerprint density at radius 3 is 2.52 bits per heavy atom. The van der Waals surface area contributed by atoms with E-state index in [1.54, 1.807) is 12.4 Å². The Balaban J connectivity index is 1.70. The molecule has 1 N–H and O–H groups in total. The lowest BCUT2D eigenvalue weighted by Gasteiger charge is -2.34. The maximum Gasteiger partial charge on any atom is 0.225 e. The number of piperazine rings is 1. The average molecular weight is 291 g/mol. The lowest BCUT2D eigenvalue weighted by atomic mass is 10.2. The molecule has 6 nitrogen and oxygen atoms in total. The van der Waals surface area contributed by atoms with Crippen LogP contribution in [0.1, 0.15) is 20.3 Å². The van der Waals surface area contributed by atoms with Gasteiger partial charge in [0.15, 0.2) is 0 Å². The average Bonchev–Trinajstić information content (AvgIpc) is 2.52. The maximum atomic E-state index is 12.1. The predicted octanol–water partition coefficient (Wildman–Crippen LogP) is 0.761. The first-order valence-electron chi connectivity index (χ1n) is 7.67. The largest absolute Gasteiger partial charge is 0.339 e. The molecule has 1 amide bonds. The van der Waals surface area contributed by atoms with Crippen molar-refractivity contribution in [2.45, 2.75) is 20.3 Å². The predicted molar refractivity (Wildman–Crippen MR) is 83.1 cm³/mol. The summed E-state index contributed by atoms with van der Waals surface area (Å²) < 4.78 is 0. The topological polar surface area (TPSA) is 61.4 Å². The molecule has 0 saturated carbocycles. The summed E-state index contributed by atoms with van der Waals surface area (Å²) in [5.74, 6) is 1.61. The first-order valence-corrected chi connectivity index (χ1v) is 7.67. The minimum Gasteiger partial charge on any atom is -0.339 e. The van der Waals surface area contributed by atoms with Crippen molar-refractivity contribution in [3.63, 3.8) is 0 Å². The van der Waals surface area contributed by atoms with E-state index in [1.165, 1.54) is 0 Å². The van der Waals surface area contributed by atoms with Crippen LogP contribution < -0.4 is 10.2 Å². The lowest BCUT2D eigenvalue weighted by molar-refractivity contribution is -0.131. The number of hydrogen-bond donors (Lipinski definition) is 1. The maximum absolute atomic E-state index is 12.1. The fourth-order valence-corrected chi connectivity index (χ4v) is 2.35. The Labute approximate surface area is 126 Å². The smallest absolute Gasteiger partial charge is 0.225 e. The van der Waals surface area contributed by atoms with Crippen molar-refractivity contribution in [2.24, 2.45) is 5.92 Å². The zero-order valence-electron chi connectivity index (χ0n) is 13.0. The Kier molecular flexibility index (Phi) is 5.92. The third-order valence-corrected chi connectivity index (χ3v) is 3.54. The molecule has 1 saturated heterocycles. The molecule has 0 atom stereocenters. The highest BCUT2D eigenvalue weighted by Crippen LogP contribution is 2.10. The van der Waals surface area contributed by atoms with Crippen molar-refractivity contribution in [3.8, 4) is 0 Å². The van der Waals surface area contributed by atoms with Gasteiger partial charge in [0.05, 0.1) is 0 Å². The van der Waals surface area contributed by atoms with Crippen LogP contribution in [0.4, 0.5) is 5.95 Å². The van der Waals surface area contributed by atoms with Crippen LogP contribution >= 0.6 is 0 Å². The van der Waals surface area contributed by atoms with Gasteiger partial charge in [-0.05, 0) is 18.5 Å². The molecule has 0 aromatic carbocycles. The third-order valence-electron chi connectivity index (χ3n) is 3.54. The van der Waals surface area contributed by atoms with Crippen LogP contribution in [0.3, 0.4) is 0 Å². The summed E-state index contributed by atoms with van der Waals surface area (Å²) in [6.45, 7) is 9.16. The van der Waals surface area contributed by atoms with E-state index in [-0.39, 0.29) is 5.91 Å². The minimum absolute atomic E-state index is 0.236. The van der Waals surface area contributed by atoms with Crippen LogP contribution in [0.25, 0.3) is 0 Å². The number of anilines is 1. The van der Waals surface area contributed by atoms with Gasteiger partial charge in [-0.15, -0.1) is 0 Å². The molecule has 21 heavy (non-hydrogen) atoms. The van der Waals surface area contributed by atoms with Gasteiger partial charge in [-0.25, -0.2) is 9.97 Å². The highest BCUT2D eigenvalue weighted by Gasteiger charge is 2.21. The summed E-state index contributed by atoms with van der Waals surface area (Å²) in [6, 6.07) is 1.81. The van der Waals surface area contributed by atoms with Gasteiger partial charge in [-0.2, -0.15) is 0 Å². The first-order chi connectivity index (χ1) is 10.2. The second kappa shape index (κ2) is 7.93. The van der Waals surface area contributed by atoms with Crippen molar-refractivity contribution in [1.29, 1.82) is 0 Å². The van der Waals surface area contributed by atoms with E-state index in [4.69, 9.17) is 0 Å². The molecule has 0 radical (unpaired) electrons. The molecule has 2 rings (SSSR count). The summed E-state index contributed by atoms with van der Waals surface area (Å²) in [6.07, 6.45) is 4.08. The molecule has 1 aromatic heterocycles. The van der Waals surface area contributed by atoms with E-state index in [2.05, 4.69) is 34.0 Å². The number of carbonyl (C=O) groups excluding carboxylic acids is 1. The number of hydrogen-bond acceptors (Lipinski definition) is 5. The van der Waals surface area contributed by atoms with Crippen LogP contribution in [-0.2, 0) is 4.79 Å². The number of amides is 1. The standard InChI is InChI=1S/C15H25N5O/c1-13(2)12-16-7-4-14(21)19-8-10-20(11-9-19)15-17-5-3-6-18-15/h3,5-6,13,16H,4,7-12H2,1-2H3. The van der Waals surface area contributed by atoms with Crippen molar-refractivity contribution >= 4 is 11.9 Å². The molecule has 1 aromatic rings. The van der Waals surface area contributed by atoms with Gasteiger partial charge in [0.2, 0.25) is 11.9 Å². The Morgan fingerprint density at radius 2 is 1.90 bits per heavy atom. The van der Waals surface area contributed by atoms with E-state index in [0.717, 1.165) is 45.2 Å². The Bertz CT molecular complexity index is 429. The zero-order chi connectivity index (χ0) is 15.1. The molecule has 0 aliphatic carbocycles. The van der Waals surface area contributed by atoms with Crippen LogP contribution in [0, 0.1) is 5.92 Å². The Hall–Kier alpha value is -1.69. The van der Waals surface area contributed by atoms with Crippen molar-refractivity contribution < 1.29 is 4.79 Å². The lowest BCUT2D eigenvalue weighted by Crippen LogP contribution is -2.49. The Morgan fingerprint density at radius 1 is 1.24 bits per heavy atom. The van der Waals surface area contributed by atoms with Crippen LogP contribution in [0.15, 0.2) is 18.5 Å². The summed E-state index contributed by atoms with van der Waals surface area (Å²) in [4.78, 5) is 24.7. The number of nitrogens with one attached hydrogen (secondary N) is 1. The summed E-state index contributed by atoms with van der Waals surface area (Å²) in [5, 5.41) is 3.31. The summed E-state index contributed by atoms with van der Waals surface area (Å²) in [5.41, 5.74) is 0. The monoisotopic (exact) mass is 291 g/mol. The van der Waals surface area contributed by atoms with Gasteiger partial charge in [-0.3, -0.25) is 4.79 Å². The summed E-state index contributed by atoms with van der Waals surface area (Å²) in [7, 11) is 0. The molecule has 0 spiro atoms. The fourth-order valence-electron chi connectivity index (χ4n) is 2.35. The third kappa shape index (κ3) is 4.97. The normalized spacial score (nSPS) is 15.6. The number of nitrogens with zero attached hydrogens (tertiary/aromatic N) is 4. The first kappa shape index (κ1) is 15.7. The van der Waals surface area contributed by atoms with Gasteiger partial charge in [-0.1, -0.05) is 13.8 Å². The van der Waals surface area contributed by atoms with E-state index < -0.39 is 0 Å². The molecule has 0 bridgehead atoms. The van der Waals surface area contributed by atoms with E-state index in [9.17, 15) is 4.79 Å². The van der Waals surface area contributed by atoms with Crippen molar-refractivity contribution in [3.05, 3.63) is 18.5 Å². The second-order valence-electron chi connectivity index (χ2n) is 5.76.